The lowest BCUT2D eigenvalue weighted by Gasteiger charge is -2.11. The van der Waals surface area contributed by atoms with Gasteiger partial charge in [-0.05, 0) is 19.1 Å². The first kappa shape index (κ1) is 13.0. The van der Waals surface area contributed by atoms with Gasteiger partial charge in [-0.1, -0.05) is 0 Å². The molecule has 0 saturated carbocycles. The summed E-state index contributed by atoms with van der Waals surface area (Å²) in [5, 5.41) is 2.51. The number of aromatic nitrogens is 1. The van der Waals surface area contributed by atoms with Gasteiger partial charge < -0.3 is 15.8 Å². The van der Waals surface area contributed by atoms with Gasteiger partial charge in [0, 0.05) is 5.69 Å². The van der Waals surface area contributed by atoms with E-state index in [1.54, 1.807) is 19.1 Å². The van der Waals surface area contributed by atoms with E-state index in [0.29, 0.717) is 11.4 Å². The number of ether oxygens (including phenoxy) is 1. The van der Waals surface area contributed by atoms with Crippen LogP contribution in [-0.2, 0) is 20.7 Å². The van der Waals surface area contributed by atoms with E-state index in [9.17, 15) is 9.59 Å². The summed E-state index contributed by atoms with van der Waals surface area (Å²) >= 11 is 0. The molecule has 6 heteroatoms. The zero-order chi connectivity index (χ0) is 12.8. The summed E-state index contributed by atoms with van der Waals surface area (Å²) in [6, 6.07) is 2.66. The van der Waals surface area contributed by atoms with Crippen LogP contribution in [0.2, 0.25) is 0 Å². The second kappa shape index (κ2) is 5.83. The Labute approximate surface area is 99.2 Å². The Balaban J connectivity index is 2.50. The van der Waals surface area contributed by atoms with Crippen molar-refractivity contribution in [3.05, 3.63) is 24.0 Å². The van der Waals surface area contributed by atoms with Crippen molar-refractivity contribution in [2.24, 2.45) is 0 Å². The molecule has 0 spiro atoms. The summed E-state index contributed by atoms with van der Waals surface area (Å²) in [7, 11) is 1.27. The van der Waals surface area contributed by atoms with Gasteiger partial charge in [-0.3, -0.25) is 9.78 Å². The number of carbonyl (C=O) groups excluding carboxylic acids is 2. The van der Waals surface area contributed by atoms with Crippen molar-refractivity contribution in [3.8, 4) is 0 Å². The Morgan fingerprint density at radius 1 is 1.53 bits per heavy atom. The Bertz CT molecular complexity index is 403. The molecule has 0 aromatic carbocycles. The molecule has 1 rings (SSSR count). The zero-order valence-electron chi connectivity index (χ0n) is 9.77. The van der Waals surface area contributed by atoms with Gasteiger partial charge in [0.2, 0.25) is 5.91 Å². The molecule has 3 N–H and O–H groups in total. The smallest absolute Gasteiger partial charge is 0.328 e. The summed E-state index contributed by atoms with van der Waals surface area (Å²) in [6.45, 7) is 1.56. The molecule has 0 bridgehead atoms. The molecule has 0 unspecified atom stereocenters. The third-order valence-electron chi connectivity index (χ3n) is 2.12. The quantitative estimate of drug-likeness (QED) is 0.712. The van der Waals surface area contributed by atoms with Crippen LogP contribution < -0.4 is 11.1 Å². The minimum atomic E-state index is -0.665. The van der Waals surface area contributed by atoms with Crippen LogP contribution in [0.25, 0.3) is 0 Å². The van der Waals surface area contributed by atoms with E-state index in [1.807, 2.05) is 0 Å². The Morgan fingerprint density at radius 2 is 2.24 bits per heavy atom. The van der Waals surface area contributed by atoms with Crippen molar-refractivity contribution in [1.29, 1.82) is 0 Å². The third-order valence-corrected chi connectivity index (χ3v) is 2.12. The first-order valence-corrected chi connectivity index (χ1v) is 5.10. The molecule has 0 aliphatic rings. The van der Waals surface area contributed by atoms with Gasteiger partial charge in [0.1, 0.15) is 6.04 Å². The van der Waals surface area contributed by atoms with Crippen LogP contribution in [0.3, 0.4) is 0 Å². The number of rotatable bonds is 4. The molecule has 1 aromatic heterocycles. The summed E-state index contributed by atoms with van der Waals surface area (Å²) in [4.78, 5) is 26.6. The topological polar surface area (TPSA) is 94.3 Å². The van der Waals surface area contributed by atoms with Crippen molar-refractivity contribution in [2.45, 2.75) is 19.4 Å². The average Bonchev–Trinajstić information content (AvgIpc) is 2.30. The van der Waals surface area contributed by atoms with Crippen molar-refractivity contribution in [3.63, 3.8) is 0 Å². The fourth-order valence-electron chi connectivity index (χ4n) is 1.23. The number of nitrogens with two attached hydrogens (primary N) is 1. The highest BCUT2D eigenvalue weighted by atomic mass is 16.5. The number of nitrogens with one attached hydrogen (secondary N) is 1. The third kappa shape index (κ3) is 4.10. The van der Waals surface area contributed by atoms with Crippen LogP contribution in [0.4, 0.5) is 5.69 Å². The molecule has 1 atom stereocenters. The minimum Gasteiger partial charge on any atom is -0.467 e. The number of esters is 1. The maximum Gasteiger partial charge on any atom is 0.328 e. The summed E-state index contributed by atoms with van der Waals surface area (Å²) in [5.41, 5.74) is 6.60. The van der Waals surface area contributed by atoms with Crippen LogP contribution in [0.15, 0.2) is 18.3 Å². The molecule has 1 heterocycles. The lowest BCUT2D eigenvalue weighted by molar-refractivity contribution is -0.144. The number of hydrogen-bond donors (Lipinski definition) is 2. The molecular formula is C11H15N3O3. The van der Waals surface area contributed by atoms with Gasteiger partial charge in [-0.2, -0.15) is 0 Å². The highest BCUT2D eigenvalue weighted by Gasteiger charge is 2.15. The number of pyridine rings is 1. The lowest BCUT2D eigenvalue weighted by atomic mass is 10.2. The number of hydrogen-bond acceptors (Lipinski definition) is 5. The largest absolute Gasteiger partial charge is 0.467 e. The Kier molecular flexibility index (Phi) is 4.45. The zero-order valence-corrected chi connectivity index (χ0v) is 9.77. The van der Waals surface area contributed by atoms with Gasteiger partial charge in [-0.15, -0.1) is 0 Å². The molecule has 0 fully saturated rings. The van der Waals surface area contributed by atoms with E-state index in [2.05, 4.69) is 15.0 Å². The molecule has 1 aromatic rings. The normalized spacial score (nSPS) is 11.6. The predicted octanol–water partition coefficient (Wildman–Crippen LogP) is -0.116. The summed E-state index contributed by atoms with van der Waals surface area (Å²) in [5.74, 6) is -0.774. The van der Waals surface area contributed by atoms with Crippen LogP contribution in [0.5, 0.6) is 0 Å². The standard InChI is InChI=1S/C11H15N3O3/c1-7(11(16)17-2)14-10(15)5-9-4-3-8(12)6-13-9/h3-4,6-7H,5,12H2,1-2H3,(H,14,15)/t7-/m0/s1. The van der Waals surface area contributed by atoms with Gasteiger partial charge >= 0.3 is 5.97 Å². The summed E-state index contributed by atoms with van der Waals surface area (Å²) in [6.07, 6.45) is 1.58. The molecule has 0 saturated heterocycles. The fraction of sp³-hybridized carbons (Fsp3) is 0.364. The van der Waals surface area contributed by atoms with E-state index in [-0.39, 0.29) is 12.3 Å². The van der Waals surface area contributed by atoms with Crippen LogP contribution in [-0.4, -0.2) is 30.0 Å². The molecule has 6 nitrogen and oxygen atoms in total. The lowest BCUT2D eigenvalue weighted by Crippen LogP contribution is -2.40. The van der Waals surface area contributed by atoms with Crippen LogP contribution >= 0.6 is 0 Å². The maximum absolute atomic E-state index is 11.5. The van der Waals surface area contributed by atoms with E-state index in [0.717, 1.165) is 0 Å². The van der Waals surface area contributed by atoms with E-state index in [1.165, 1.54) is 13.3 Å². The second-order valence-corrected chi connectivity index (χ2v) is 3.57. The molecule has 92 valence electrons. The molecule has 0 radical (unpaired) electrons. The highest BCUT2D eigenvalue weighted by Crippen LogP contribution is 2.01. The molecule has 17 heavy (non-hydrogen) atoms. The maximum atomic E-state index is 11.5. The van der Waals surface area contributed by atoms with Crippen molar-refractivity contribution in [1.82, 2.24) is 10.3 Å². The predicted molar refractivity (Wildman–Crippen MR) is 62.0 cm³/mol. The second-order valence-electron chi connectivity index (χ2n) is 3.57. The van der Waals surface area contributed by atoms with Crippen LogP contribution in [0, 0.1) is 0 Å². The Morgan fingerprint density at radius 3 is 2.76 bits per heavy atom. The molecular weight excluding hydrogens is 222 g/mol. The molecule has 0 aliphatic carbocycles. The SMILES string of the molecule is COC(=O)[C@H](C)NC(=O)Cc1ccc(N)cn1. The van der Waals surface area contributed by atoms with Crippen molar-refractivity contribution >= 4 is 17.6 Å². The number of nitrogen functional groups attached to an aromatic ring is 1. The van der Waals surface area contributed by atoms with Crippen molar-refractivity contribution in [2.75, 3.05) is 12.8 Å². The number of amides is 1. The monoisotopic (exact) mass is 237 g/mol. The van der Waals surface area contributed by atoms with Gasteiger partial charge in [0.25, 0.3) is 0 Å². The number of anilines is 1. The minimum absolute atomic E-state index is 0.0988. The number of carbonyl (C=O) groups is 2. The van der Waals surface area contributed by atoms with Crippen molar-refractivity contribution < 1.29 is 14.3 Å². The Hall–Kier alpha value is -2.11. The summed E-state index contributed by atoms with van der Waals surface area (Å²) < 4.78 is 4.49. The van der Waals surface area contributed by atoms with E-state index >= 15 is 0 Å². The first-order chi connectivity index (χ1) is 8.02. The van der Waals surface area contributed by atoms with E-state index in [4.69, 9.17) is 5.73 Å². The molecule has 0 aliphatic heterocycles. The number of nitrogens with zero attached hydrogens (tertiary/aromatic N) is 1. The molecule has 1 amide bonds. The highest BCUT2D eigenvalue weighted by molar-refractivity contribution is 5.85. The van der Waals surface area contributed by atoms with Gasteiger partial charge in [-0.25, -0.2) is 4.79 Å². The van der Waals surface area contributed by atoms with Gasteiger partial charge in [0.05, 0.1) is 25.4 Å². The van der Waals surface area contributed by atoms with E-state index < -0.39 is 12.0 Å². The number of methoxy groups -OCH3 is 1. The van der Waals surface area contributed by atoms with Gasteiger partial charge in [0.15, 0.2) is 0 Å². The van der Waals surface area contributed by atoms with Crippen LogP contribution in [0.1, 0.15) is 12.6 Å². The first-order valence-electron chi connectivity index (χ1n) is 5.10. The average molecular weight is 237 g/mol. The fourth-order valence-corrected chi connectivity index (χ4v) is 1.23.